The van der Waals surface area contributed by atoms with Gasteiger partial charge in [0.2, 0.25) is 0 Å². The first kappa shape index (κ1) is 22.5. The van der Waals surface area contributed by atoms with Gasteiger partial charge < -0.3 is 10.6 Å². The maximum Gasteiger partial charge on any atom is 0.191 e. The normalized spacial score (nSPS) is 12.5. The molecule has 6 heteroatoms. The molecule has 2 aromatic rings. The van der Waals surface area contributed by atoms with Crippen LogP contribution in [0.4, 0.5) is 0 Å². The average Bonchev–Trinajstić information content (AvgIpc) is 2.79. The van der Waals surface area contributed by atoms with Gasteiger partial charge in [0.25, 0.3) is 0 Å². The average molecular weight is 469 g/mol. The van der Waals surface area contributed by atoms with E-state index in [0.29, 0.717) is 6.54 Å². The molecule has 0 bridgehead atoms. The Labute approximate surface area is 174 Å². The molecule has 144 valence electrons. The molecule has 1 aromatic heterocycles. The van der Waals surface area contributed by atoms with Crippen LogP contribution in [0.15, 0.2) is 29.3 Å². The molecule has 0 radical (unpaired) electrons. The first-order valence-electron chi connectivity index (χ1n) is 9.00. The minimum Gasteiger partial charge on any atom is -0.357 e. The molecule has 1 heterocycles. The Kier molecular flexibility index (Phi) is 9.12. The summed E-state index contributed by atoms with van der Waals surface area (Å²) in [4.78, 5) is 4.73. The van der Waals surface area contributed by atoms with Gasteiger partial charge in [-0.15, -0.1) is 24.0 Å². The van der Waals surface area contributed by atoms with Crippen LogP contribution in [0.2, 0.25) is 0 Å². The van der Waals surface area contributed by atoms with Crippen LogP contribution in [-0.4, -0.2) is 28.3 Å². The molecule has 0 amide bonds. The number of nitrogens with zero attached hydrogens (tertiary/aromatic N) is 3. The molecule has 26 heavy (non-hydrogen) atoms. The number of aliphatic imine (C=N–C) groups is 1. The fourth-order valence-electron chi connectivity index (χ4n) is 3.00. The Morgan fingerprint density at radius 1 is 1.27 bits per heavy atom. The second-order valence-electron chi connectivity index (χ2n) is 6.71. The lowest BCUT2D eigenvalue weighted by Gasteiger charge is -2.18. The Balaban J connectivity index is 0.00000338. The fourth-order valence-corrected chi connectivity index (χ4v) is 3.00. The lowest BCUT2D eigenvalue weighted by atomic mass is 10.1. The van der Waals surface area contributed by atoms with Gasteiger partial charge in [0.15, 0.2) is 5.96 Å². The van der Waals surface area contributed by atoms with Gasteiger partial charge in [-0.3, -0.25) is 4.68 Å². The first-order valence-corrected chi connectivity index (χ1v) is 9.00. The van der Waals surface area contributed by atoms with Crippen LogP contribution in [0.3, 0.4) is 0 Å². The maximum atomic E-state index is 4.73. The number of benzene rings is 1. The third-order valence-corrected chi connectivity index (χ3v) is 4.40. The summed E-state index contributed by atoms with van der Waals surface area (Å²) in [5, 5.41) is 11.4. The van der Waals surface area contributed by atoms with Gasteiger partial charge in [0, 0.05) is 25.3 Å². The first-order chi connectivity index (χ1) is 11.9. The monoisotopic (exact) mass is 469 g/mol. The van der Waals surface area contributed by atoms with Crippen molar-refractivity contribution in [2.24, 2.45) is 12.0 Å². The Morgan fingerprint density at radius 3 is 2.58 bits per heavy atom. The van der Waals surface area contributed by atoms with Crippen molar-refractivity contribution in [1.29, 1.82) is 0 Å². The van der Waals surface area contributed by atoms with Crippen molar-refractivity contribution in [1.82, 2.24) is 20.4 Å². The molecule has 0 saturated heterocycles. The van der Waals surface area contributed by atoms with E-state index in [9.17, 15) is 0 Å². The number of rotatable bonds is 6. The van der Waals surface area contributed by atoms with Crippen molar-refractivity contribution in [3.8, 4) is 0 Å². The second kappa shape index (κ2) is 10.5. The molecule has 0 saturated carbocycles. The zero-order valence-electron chi connectivity index (χ0n) is 16.8. The van der Waals surface area contributed by atoms with Crippen LogP contribution >= 0.6 is 24.0 Å². The van der Waals surface area contributed by atoms with E-state index in [0.717, 1.165) is 24.6 Å². The van der Waals surface area contributed by atoms with Crippen LogP contribution in [0.25, 0.3) is 0 Å². The van der Waals surface area contributed by atoms with Gasteiger partial charge in [0.05, 0.1) is 12.2 Å². The molecule has 2 N–H and O–H groups in total. The quantitative estimate of drug-likeness (QED) is 0.386. The lowest BCUT2D eigenvalue weighted by Crippen LogP contribution is -2.43. The third kappa shape index (κ3) is 6.30. The highest BCUT2D eigenvalue weighted by Gasteiger charge is 2.14. The predicted octanol–water partition coefficient (Wildman–Crippen LogP) is 3.65. The molecule has 1 unspecified atom stereocenters. The molecule has 1 atom stereocenters. The summed E-state index contributed by atoms with van der Waals surface area (Å²) in [6.45, 7) is 12.1. The van der Waals surface area contributed by atoms with Gasteiger partial charge in [-0.1, -0.05) is 29.8 Å². The van der Waals surface area contributed by atoms with Gasteiger partial charge in [-0.05, 0) is 52.2 Å². The smallest absolute Gasteiger partial charge is 0.191 e. The minimum atomic E-state index is 0. The molecule has 2 rings (SSSR count). The predicted molar refractivity (Wildman–Crippen MR) is 120 cm³/mol. The van der Waals surface area contributed by atoms with Crippen molar-refractivity contribution in [2.45, 2.75) is 53.6 Å². The van der Waals surface area contributed by atoms with Gasteiger partial charge in [-0.2, -0.15) is 5.10 Å². The Bertz CT molecular complexity index is 736. The van der Waals surface area contributed by atoms with E-state index in [1.807, 2.05) is 11.7 Å². The number of nitrogens with one attached hydrogen (secondary N) is 2. The number of guanidine groups is 1. The van der Waals surface area contributed by atoms with E-state index in [1.54, 1.807) is 0 Å². The van der Waals surface area contributed by atoms with Crippen molar-refractivity contribution in [2.75, 3.05) is 6.54 Å². The standard InChI is InChI=1S/C20H31N5.HI/c1-7-21-20(22-13-18-10-8-9-14(2)11-18)23-15(3)12-19-16(4)24-25(6)17(19)5;/h8-11,15H,7,12-13H2,1-6H3,(H2,21,22,23);1H. The summed E-state index contributed by atoms with van der Waals surface area (Å²) in [7, 11) is 2.00. The molecule has 1 aromatic carbocycles. The van der Waals surface area contributed by atoms with Gasteiger partial charge >= 0.3 is 0 Å². The maximum absolute atomic E-state index is 4.73. The summed E-state index contributed by atoms with van der Waals surface area (Å²) < 4.78 is 1.95. The number of aryl methyl sites for hydroxylation is 3. The number of hydrogen-bond donors (Lipinski definition) is 2. The molecular weight excluding hydrogens is 437 g/mol. The summed E-state index contributed by atoms with van der Waals surface area (Å²) in [6, 6.07) is 8.76. The molecule has 5 nitrogen and oxygen atoms in total. The molecule has 0 fully saturated rings. The molecule has 0 aliphatic heterocycles. The van der Waals surface area contributed by atoms with Crippen molar-refractivity contribution in [3.63, 3.8) is 0 Å². The highest BCUT2D eigenvalue weighted by atomic mass is 127. The highest BCUT2D eigenvalue weighted by Crippen LogP contribution is 2.14. The lowest BCUT2D eigenvalue weighted by molar-refractivity contribution is 0.636. The number of halogens is 1. The third-order valence-electron chi connectivity index (χ3n) is 4.40. The largest absolute Gasteiger partial charge is 0.357 e. The van der Waals surface area contributed by atoms with Crippen molar-refractivity contribution >= 4 is 29.9 Å². The van der Waals surface area contributed by atoms with Crippen LogP contribution < -0.4 is 10.6 Å². The van der Waals surface area contributed by atoms with E-state index in [-0.39, 0.29) is 30.0 Å². The zero-order valence-corrected chi connectivity index (χ0v) is 19.1. The Hall–Kier alpha value is -1.57. The number of aromatic nitrogens is 2. The minimum absolute atomic E-state index is 0. The molecule has 0 spiro atoms. The number of hydrogen-bond acceptors (Lipinski definition) is 2. The van der Waals surface area contributed by atoms with E-state index in [4.69, 9.17) is 4.99 Å². The Morgan fingerprint density at radius 2 is 2.00 bits per heavy atom. The van der Waals surface area contributed by atoms with Crippen LogP contribution in [-0.2, 0) is 20.0 Å². The zero-order chi connectivity index (χ0) is 18.4. The molecule has 0 aliphatic carbocycles. The van der Waals surface area contributed by atoms with Crippen LogP contribution in [0.1, 0.15) is 41.9 Å². The molecular formula is C20H32IN5. The highest BCUT2D eigenvalue weighted by molar-refractivity contribution is 14.0. The summed E-state index contributed by atoms with van der Waals surface area (Å²) in [5.41, 5.74) is 6.14. The summed E-state index contributed by atoms with van der Waals surface area (Å²) >= 11 is 0. The summed E-state index contributed by atoms with van der Waals surface area (Å²) in [5.74, 6) is 0.857. The molecule has 0 aliphatic rings. The summed E-state index contributed by atoms with van der Waals surface area (Å²) in [6.07, 6.45) is 0.931. The van der Waals surface area contributed by atoms with E-state index in [2.05, 4.69) is 74.6 Å². The van der Waals surface area contributed by atoms with E-state index >= 15 is 0 Å². The second-order valence-corrected chi connectivity index (χ2v) is 6.71. The van der Waals surface area contributed by atoms with Crippen LogP contribution in [0, 0.1) is 20.8 Å². The van der Waals surface area contributed by atoms with Crippen molar-refractivity contribution < 1.29 is 0 Å². The van der Waals surface area contributed by atoms with E-state index < -0.39 is 0 Å². The topological polar surface area (TPSA) is 54.2 Å². The fraction of sp³-hybridized carbons (Fsp3) is 0.500. The van der Waals surface area contributed by atoms with Crippen LogP contribution in [0.5, 0.6) is 0 Å². The van der Waals surface area contributed by atoms with Gasteiger partial charge in [-0.25, -0.2) is 4.99 Å². The van der Waals surface area contributed by atoms with E-state index in [1.165, 1.54) is 22.4 Å². The van der Waals surface area contributed by atoms with Crippen molar-refractivity contribution in [3.05, 3.63) is 52.3 Å². The SMILES string of the molecule is CCNC(=NCc1cccc(C)c1)NC(C)Cc1c(C)nn(C)c1C.I. The van der Waals surface area contributed by atoms with Gasteiger partial charge in [0.1, 0.15) is 0 Å².